The van der Waals surface area contributed by atoms with Gasteiger partial charge in [-0.25, -0.2) is 0 Å². The van der Waals surface area contributed by atoms with E-state index < -0.39 is 5.91 Å². The molecule has 6 nitrogen and oxygen atoms in total. The third-order valence-electron chi connectivity index (χ3n) is 6.01. The monoisotopic (exact) mass is 428 g/mol. The number of carbonyl (C=O) groups is 2. The third kappa shape index (κ3) is 5.19. The Kier molecular flexibility index (Phi) is 6.90. The van der Waals surface area contributed by atoms with Gasteiger partial charge in [0.05, 0.1) is 11.4 Å². The van der Waals surface area contributed by atoms with Gasteiger partial charge in [-0.05, 0) is 43.4 Å². The molecule has 0 aliphatic carbocycles. The number of aryl methyl sites for hydroxylation is 1. The maximum Gasteiger partial charge on any atom is 0.248 e. The summed E-state index contributed by atoms with van der Waals surface area (Å²) in [5.41, 5.74) is 9.59. The average molecular weight is 429 g/mol. The first-order valence-electron chi connectivity index (χ1n) is 11.1. The Bertz CT molecular complexity index is 1080. The molecule has 0 bridgehead atoms. The number of carbonyl (C=O) groups excluding carboxylic acids is 2. The van der Waals surface area contributed by atoms with Gasteiger partial charge in [0.25, 0.3) is 0 Å². The second-order valence-electron chi connectivity index (χ2n) is 8.25. The highest BCUT2D eigenvalue weighted by Crippen LogP contribution is 2.32. The number of nitrogens with zero attached hydrogens (tertiary/aromatic N) is 3. The molecule has 1 aliphatic rings. The van der Waals surface area contributed by atoms with Crippen molar-refractivity contribution in [2.45, 2.75) is 38.0 Å². The largest absolute Gasteiger partial charge is 0.366 e. The fourth-order valence-corrected chi connectivity index (χ4v) is 4.36. The van der Waals surface area contributed by atoms with E-state index in [2.05, 4.69) is 22.1 Å². The Morgan fingerprint density at radius 1 is 1.03 bits per heavy atom. The molecule has 1 atom stereocenters. The van der Waals surface area contributed by atoms with E-state index in [1.54, 1.807) is 30.6 Å². The van der Waals surface area contributed by atoms with Crippen molar-refractivity contribution in [3.63, 3.8) is 0 Å². The van der Waals surface area contributed by atoms with E-state index in [0.29, 0.717) is 18.5 Å². The molecule has 1 saturated heterocycles. The number of nitrogens with two attached hydrogens (primary N) is 1. The van der Waals surface area contributed by atoms with Crippen LogP contribution in [-0.4, -0.2) is 39.8 Å². The quantitative estimate of drug-likeness (QED) is 0.617. The van der Waals surface area contributed by atoms with Crippen molar-refractivity contribution in [1.82, 2.24) is 14.9 Å². The van der Waals surface area contributed by atoms with E-state index in [1.807, 2.05) is 29.2 Å². The summed E-state index contributed by atoms with van der Waals surface area (Å²) < 4.78 is 0. The maximum atomic E-state index is 12.9. The lowest BCUT2D eigenvalue weighted by Crippen LogP contribution is -2.39. The van der Waals surface area contributed by atoms with E-state index in [9.17, 15) is 9.59 Å². The maximum absolute atomic E-state index is 12.9. The van der Waals surface area contributed by atoms with Crippen LogP contribution in [0.15, 0.2) is 67.0 Å². The number of hydrogen-bond acceptors (Lipinski definition) is 4. The highest BCUT2D eigenvalue weighted by atomic mass is 16.2. The topological polar surface area (TPSA) is 89.2 Å². The molecule has 2 amide bonds. The summed E-state index contributed by atoms with van der Waals surface area (Å²) in [4.78, 5) is 35.6. The molecule has 32 heavy (non-hydrogen) atoms. The molecule has 0 radical (unpaired) electrons. The molecule has 0 spiro atoms. The number of hydrogen-bond donors (Lipinski definition) is 1. The molecule has 0 unspecified atom stereocenters. The van der Waals surface area contributed by atoms with Gasteiger partial charge in [0.2, 0.25) is 11.8 Å². The smallest absolute Gasteiger partial charge is 0.248 e. The first-order valence-corrected chi connectivity index (χ1v) is 11.1. The Labute approximate surface area is 188 Å². The van der Waals surface area contributed by atoms with Gasteiger partial charge in [0.15, 0.2) is 0 Å². The van der Waals surface area contributed by atoms with E-state index >= 15 is 0 Å². The van der Waals surface area contributed by atoms with Crippen molar-refractivity contribution in [2.24, 2.45) is 5.73 Å². The zero-order valence-electron chi connectivity index (χ0n) is 18.1. The molecule has 1 fully saturated rings. The molecule has 164 valence electrons. The van der Waals surface area contributed by atoms with Crippen LogP contribution in [0.3, 0.4) is 0 Å². The summed E-state index contributed by atoms with van der Waals surface area (Å²) in [5.74, 6) is -0.156. The van der Waals surface area contributed by atoms with Crippen molar-refractivity contribution in [1.29, 1.82) is 0 Å². The van der Waals surface area contributed by atoms with E-state index in [0.717, 1.165) is 49.2 Å². The summed E-state index contributed by atoms with van der Waals surface area (Å²) in [6, 6.07) is 17.4. The summed E-state index contributed by atoms with van der Waals surface area (Å²) in [5, 5.41) is 0. The van der Waals surface area contributed by atoms with E-state index in [4.69, 9.17) is 5.73 Å². The van der Waals surface area contributed by atoms with Crippen LogP contribution in [0.4, 0.5) is 0 Å². The normalized spacial score (nSPS) is 16.0. The number of benzene rings is 2. The fourth-order valence-electron chi connectivity index (χ4n) is 4.36. The lowest BCUT2D eigenvalue weighted by atomic mass is 9.91. The highest BCUT2D eigenvalue weighted by molar-refractivity contribution is 5.94. The van der Waals surface area contributed by atoms with Crippen LogP contribution in [0.5, 0.6) is 0 Å². The van der Waals surface area contributed by atoms with Gasteiger partial charge in [-0.3, -0.25) is 19.6 Å². The Morgan fingerprint density at radius 3 is 2.66 bits per heavy atom. The minimum Gasteiger partial charge on any atom is -0.366 e. The second kappa shape index (κ2) is 10.2. The standard InChI is InChI=1S/C26H28N4O2/c27-26(32)21-11-5-10-20(17-21)24-25(29-15-14-28-24)22-12-6-16-30(18-22)23(31)13-4-9-19-7-2-1-3-8-19/h1-3,5,7-8,10-11,14-15,17,22H,4,6,9,12-13,16,18H2,(H2,27,32)/t22-/m1/s1. The molecular weight excluding hydrogens is 400 g/mol. The third-order valence-corrected chi connectivity index (χ3v) is 6.01. The predicted molar refractivity (Wildman–Crippen MR) is 124 cm³/mol. The SMILES string of the molecule is NC(=O)c1cccc(-c2nccnc2[C@@H]2CCCN(C(=O)CCCc3ccccc3)C2)c1. The number of piperidine rings is 1. The van der Waals surface area contributed by atoms with Crippen LogP contribution in [0.2, 0.25) is 0 Å². The molecule has 1 aromatic heterocycles. The minimum atomic E-state index is -0.470. The number of aromatic nitrogens is 2. The fraction of sp³-hybridized carbons (Fsp3) is 0.308. The van der Waals surface area contributed by atoms with Gasteiger partial charge < -0.3 is 10.6 Å². The van der Waals surface area contributed by atoms with Crippen molar-refractivity contribution in [3.8, 4) is 11.3 Å². The number of primary amides is 1. The van der Waals surface area contributed by atoms with Crippen molar-refractivity contribution in [3.05, 3.63) is 83.8 Å². The summed E-state index contributed by atoms with van der Waals surface area (Å²) in [6.45, 7) is 1.43. The summed E-state index contributed by atoms with van der Waals surface area (Å²) in [6.07, 6.45) is 7.55. The van der Waals surface area contributed by atoms with Crippen molar-refractivity contribution >= 4 is 11.8 Å². The predicted octanol–water partition coefficient (Wildman–Crippen LogP) is 3.97. The molecule has 2 aromatic carbocycles. The molecule has 4 rings (SSSR count). The van der Waals surface area contributed by atoms with Crippen molar-refractivity contribution < 1.29 is 9.59 Å². The van der Waals surface area contributed by atoms with Crippen LogP contribution in [-0.2, 0) is 11.2 Å². The van der Waals surface area contributed by atoms with Gasteiger partial charge in [0.1, 0.15) is 0 Å². The molecule has 6 heteroatoms. The average Bonchev–Trinajstić information content (AvgIpc) is 2.85. The molecule has 1 aliphatic heterocycles. The minimum absolute atomic E-state index is 0.114. The number of likely N-dealkylation sites (tertiary alicyclic amines) is 1. The van der Waals surface area contributed by atoms with Crippen LogP contribution in [0.25, 0.3) is 11.3 Å². The zero-order valence-corrected chi connectivity index (χ0v) is 18.1. The molecule has 2 N–H and O–H groups in total. The molecule has 3 aromatic rings. The summed E-state index contributed by atoms with van der Waals surface area (Å²) in [7, 11) is 0. The van der Waals surface area contributed by atoms with E-state index in [-0.39, 0.29) is 11.8 Å². The van der Waals surface area contributed by atoms with Gasteiger partial charge >= 0.3 is 0 Å². The lowest BCUT2D eigenvalue weighted by Gasteiger charge is -2.33. The molecular formula is C26H28N4O2. The van der Waals surface area contributed by atoms with Crippen molar-refractivity contribution in [2.75, 3.05) is 13.1 Å². The van der Waals surface area contributed by atoms with Gasteiger partial charge in [-0.15, -0.1) is 0 Å². The van der Waals surface area contributed by atoms with E-state index in [1.165, 1.54) is 5.56 Å². The van der Waals surface area contributed by atoms with Crippen LogP contribution < -0.4 is 5.73 Å². The zero-order chi connectivity index (χ0) is 22.3. The van der Waals surface area contributed by atoms with Gasteiger partial charge in [-0.2, -0.15) is 0 Å². The van der Waals surface area contributed by atoms with Crippen LogP contribution in [0, 0.1) is 0 Å². The number of amides is 2. The number of rotatable bonds is 7. The first-order chi connectivity index (χ1) is 15.6. The van der Waals surface area contributed by atoms with Gasteiger partial charge in [0, 0.05) is 48.9 Å². The molecule has 2 heterocycles. The lowest BCUT2D eigenvalue weighted by molar-refractivity contribution is -0.132. The summed E-state index contributed by atoms with van der Waals surface area (Å²) >= 11 is 0. The second-order valence-corrected chi connectivity index (χ2v) is 8.25. The van der Waals surface area contributed by atoms with Crippen LogP contribution >= 0.6 is 0 Å². The first kappa shape index (κ1) is 21.7. The Morgan fingerprint density at radius 2 is 1.84 bits per heavy atom. The van der Waals surface area contributed by atoms with Gasteiger partial charge in [-0.1, -0.05) is 42.5 Å². The Balaban J connectivity index is 1.45. The molecule has 0 saturated carbocycles. The van der Waals surface area contributed by atoms with Crippen LogP contribution in [0.1, 0.15) is 53.2 Å². The highest BCUT2D eigenvalue weighted by Gasteiger charge is 2.27. The Hall–Kier alpha value is -3.54.